The van der Waals surface area contributed by atoms with Crippen LogP contribution in [0.3, 0.4) is 0 Å². The molecule has 10 atom stereocenters. The molecule has 0 aromatic heterocycles. The van der Waals surface area contributed by atoms with Gasteiger partial charge >= 0.3 is 5.97 Å². The van der Waals surface area contributed by atoms with Crippen molar-refractivity contribution in [2.75, 3.05) is 6.61 Å². The Morgan fingerprint density at radius 1 is 0.971 bits per heavy atom. The summed E-state index contributed by atoms with van der Waals surface area (Å²) in [5.74, 6) is -0.400. The first-order valence-electron chi connectivity index (χ1n) is 14.0. The van der Waals surface area contributed by atoms with Gasteiger partial charge in [-0.1, -0.05) is 53.2 Å². The van der Waals surface area contributed by atoms with Crippen molar-refractivity contribution in [3.63, 3.8) is 0 Å². The molecule has 0 saturated heterocycles. The number of aliphatic carboxylic acids is 1. The number of hydrogen-bond acceptors (Lipinski definition) is 4. The Labute approximate surface area is 211 Å². The van der Waals surface area contributed by atoms with Gasteiger partial charge in [0.25, 0.3) is 0 Å². The molecule has 5 rings (SSSR count). The van der Waals surface area contributed by atoms with E-state index in [0.717, 1.165) is 38.5 Å². The lowest BCUT2D eigenvalue weighted by atomic mass is 9.33. The van der Waals surface area contributed by atoms with Crippen LogP contribution in [0.4, 0.5) is 0 Å². The molecular formula is C30H48O5. The van der Waals surface area contributed by atoms with Gasteiger partial charge in [0, 0.05) is 11.3 Å². The molecule has 5 aliphatic carbocycles. The molecule has 0 bridgehead atoms. The molecule has 2 unspecified atom stereocenters. The van der Waals surface area contributed by atoms with E-state index in [1.807, 2.05) is 6.92 Å². The monoisotopic (exact) mass is 488 g/mol. The summed E-state index contributed by atoms with van der Waals surface area (Å²) < 4.78 is 0. The molecular weight excluding hydrogens is 440 g/mol. The van der Waals surface area contributed by atoms with Crippen molar-refractivity contribution >= 4 is 5.97 Å². The molecule has 0 radical (unpaired) electrons. The van der Waals surface area contributed by atoms with Crippen LogP contribution in [-0.2, 0) is 4.79 Å². The largest absolute Gasteiger partial charge is 0.481 e. The van der Waals surface area contributed by atoms with E-state index in [1.54, 1.807) is 0 Å². The number of fused-ring (bicyclic) bond motifs is 7. The third-order valence-electron chi connectivity index (χ3n) is 13.1. The van der Waals surface area contributed by atoms with Gasteiger partial charge in [-0.05, 0) is 91.3 Å². The van der Waals surface area contributed by atoms with Crippen LogP contribution < -0.4 is 0 Å². The summed E-state index contributed by atoms with van der Waals surface area (Å²) in [4.78, 5) is 12.8. The van der Waals surface area contributed by atoms with Gasteiger partial charge in [0.05, 0.1) is 24.2 Å². The smallest absolute Gasteiger partial charge is 0.310 e. The number of carboxylic acid groups (broad SMARTS) is 1. The van der Waals surface area contributed by atoms with Crippen LogP contribution in [0.25, 0.3) is 0 Å². The van der Waals surface area contributed by atoms with Crippen molar-refractivity contribution in [3.05, 3.63) is 11.6 Å². The summed E-state index contributed by atoms with van der Waals surface area (Å²) in [5.41, 5.74) is -0.397. The highest BCUT2D eigenvalue weighted by Crippen LogP contribution is 2.75. The van der Waals surface area contributed by atoms with Gasteiger partial charge in [0.2, 0.25) is 0 Å². The fraction of sp³-hybridized carbons (Fsp3) is 0.900. The van der Waals surface area contributed by atoms with E-state index in [-0.39, 0.29) is 40.1 Å². The summed E-state index contributed by atoms with van der Waals surface area (Å²) in [6.07, 6.45) is 8.44. The van der Waals surface area contributed by atoms with Gasteiger partial charge in [-0.25, -0.2) is 0 Å². The molecule has 0 amide bonds. The molecule has 0 spiro atoms. The topological polar surface area (TPSA) is 98.0 Å². The average Bonchev–Trinajstić information content (AvgIpc) is 2.76. The highest BCUT2D eigenvalue weighted by atomic mass is 16.4. The van der Waals surface area contributed by atoms with Crippen LogP contribution >= 0.6 is 0 Å². The average molecular weight is 489 g/mol. The van der Waals surface area contributed by atoms with Crippen molar-refractivity contribution < 1.29 is 25.2 Å². The van der Waals surface area contributed by atoms with E-state index in [0.29, 0.717) is 25.2 Å². The van der Waals surface area contributed by atoms with Crippen molar-refractivity contribution in [2.24, 2.45) is 50.2 Å². The van der Waals surface area contributed by atoms with Gasteiger partial charge in [-0.3, -0.25) is 4.79 Å². The second-order valence-electron chi connectivity index (χ2n) is 15.1. The highest BCUT2D eigenvalue weighted by molar-refractivity contribution is 5.76. The lowest BCUT2D eigenvalue weighted by Crippen LogP contribution is -2.69. The Morgan fingerprint density at radius 3 is 2.26 bits per heavy atom. The third-order valence-corrected chi connectivity index (χ3v) is 13.1. The molecule has 198 valence electrons. The van der Waals surface area contributed by atoms with E-state index >= 15 is 0 Å². The van der Waals surface area contributed by atoms with Gasteiger partial charge in [-0.15, -0.1) is 0 Å². The molecule has 35 heavy (non-hydrogen) atoms. The van der Waals surface area contributed by atoms with Crippen LogP contribution in [0.15, 0.2) is 11.6 Å². The molecule has 4 N–H and O–H groups in total. The fourth-order valence-corrected chi connectivity index (χ4v) is 10.8. The zero-order chi connectivity index (χ0) is 25.8. The Morgan fingerprint density at radius 2 is 1.63 bits per heavy atom. The van der Waals surface area contributed by atoms with Crippen molar-refractivity contribution in [1.29, 1.82) is 0 Å². The molecule has 0 aliphatic heterocycles. The first kappa shape index (κ1) is 25.7. The number of hydrogen-bond donors (Lipinski definition) is 4. The summed E-state index contributed by atoms with van der Waals surface area (Å²) in [6.45, 7) is 13.5. The first-order chi connectivity index (χ1) is 16.1. The minimum absolute atomic E-state index is 0.0545. The number of allylic oxidation sites excluding steroid dienone is 2. The number of aliphatic hydroxyl groups excluding tert-OH is 3. The second-order valence-corrected chi connectivity index (χ2v) is 15.1. The minimum atomic E-state index is -0.711. The molecule has 0 heterocycles. The quantitative estimate of drug-likeness (QED) is 0.402. The van der Waals surface area contributed by atoms with E-state index in [2.05, 4.69) is 40.7 Å². The van der Waals surface area contributed by atoms with Gasteiger partial charge in [-0.2, -0.15) is 0 Å². The zero-order valence-electron chi connectivity index (χ0n) is 22.7. The highest BCUT2D eigenvalue weighted by Gasteiger charge is 2.71. The second kappa shape index (κ2) is 7.57. The Hall–Kier alpha value is -0.910. The predicted molar refractivity (Wildman–Crippen MR) is 135 cm³/mol. The predicted octanol–water partition coefficient (Wildman–Crippen LogP) is 5.18. The van der Waals surface area contributed by atoms with E-state index in [4.69, 9.17) is 0 Å². The summed E-state index contributed by atoms with van der Waals surface area (Å²) in [6, 6.07) is 0. The Bertz CT molecular complexity index is 941. The summed E-state index contributed by atoms with van der Waals surface area (Å²) in [7, 11) is 0. The molecule has 5 heteroatoms. The molecule has 4 fully saturated rings. The van der Waals surface area contributed by atoms with Crippen molar-refractivity contribution in [2.45, 2.75) is 112 Å². The normalized spacial score (nSPS) is 55.0. The third kappa shape index (κ3) is 3.07. The molecule has 5 aliphatic rings. The van der Waals surface area contributed by atoms with Crippen LogP contribution in [0.2, 0.25) is 0 Å². The SMILES string of the molecule is CC1(C)CC[C@]2(C(=O)O)CC[C@]3(C)C(=CC[C@@H]4[C@@]5(C)CC[C@H](O)C(C)(CO)C5[C@H](O)C[C@]43C)[C@H]2C1. The zero-order valence-corrected chi connectivity index (χ0v) is 22.7. The lowest BCUT2D eigenvalue weighted by Gasteiger charge is -2.72. The molecule has 0 aromatic rings. The maximum absolute atomic E-state index is 12.8. The van der Waals surface area contributed by atoms with Crippen LogP contribution in [-0.4, -0.2) is 45.2 Å². The standard InChI is InChI=1S/C30H48O5/c1-25(2)11-13-30(24(34)35)14-12-28(5)18(19(30)15-25)7-8-21-26(3)10-9-22(33)27(4,17-31)23(26)20(32)16-29(21,28)6/h7,19-23,31-33H,8-17H2,1-6H3,(H,34,35)/t19-,20-,21-,22+,23?,26-,27?,28-,29-,30+/m1/s1. The number of aliphatic hydroxyl groups is 3. The van der Waals surface area contributed by atoms with E-state index in [9.17, 15) is 25.2 Å². The maximum atomic E-state index is 12.8. The van der Waals surface area contributed by atoms with Gasteiger partial charge in [0.15, 0.2) is 0 Å². The number of carbonyl (C=O) groups is 1. The maximum Gasteiger partial charge on any atom is 0.310 e. The molecule has 4 saturated carbocycles. The van der Waals surface area contributed by atoms with Crippen molar-refractivity contribution in [3.8, 4) is 0 Å². The molecule has 5 nitrogen and oxygen atoms in total. The van der Waals surface area contributed by atoms with Gasteiger partial charge in [0.1, 0.15) is 0 Å². The molecule has 0 aromatic carbocycles. The minimum Gasteiger partial charge on any atom is -0.481 e. The summed E-state index contributed by atoms with van der Waals surface area (Å²) >= 11 is 0. The lowest BCUT2D eigenvalue weighted by molar-refractivity contribution is -0.252. The number of rotatable bonds is 2. The first-order valence-corrected chi connectivity index (χ1v) is 14.0. The van der Waals surface area contributed by atoms with E-state index < -0.39 is 29.0 Å². The van der Waals surface area contributed by atoms with Crippen LogP contribution in [0, 0.1) is 50.2 Å². The van der Waals surface area contributed by atoms with Crippen molar-refractivity contribution in [1.82, 2.24) is 0 Å². The number of carboxylic acids is 1. The van der Waals surface area contributed by atoms with Crippen LogP contribution in [0.1, 0.15) is 99.3 Å². The van der Waals surface area contributed by atoms with Gasteiger partial charge < -0.3 is 20.4 Å². The Balaban J connectivity index is 1.63. The summed E-state index contributed by atoms with van der Waals surface area (Å²) in [5, 5.41) is 43.6. The fourth-order valence-electron chi connectivity index (χ4n) is 10.8. The van der Waals surface area contributed by atoms with Crippen LogP contribution in [0.5, 0.6) is 0 Å². The Kier molecular flexibility index (Phi) is 5.56. The van der Waals surface area contributed by atoms with E-state index in [1.165, 1.54) is 5.57 Å².